The smallest absolute Gasteiger partial charge is 0.339 e. The summed E-state index contributed by atoms with van der Waals surface area (Å²) in [6, 6.07) is 16.5. The van der Waals surface area contributed by atoms with Crippen molar-refractivity contribution in [3.63, 3.8) is 0 Å². The normalized spacial score (nSPS) is 11.4. The van der Waals surface area contributed by atoms with Gasteiger partial charge in [-0.2, -0.15) is 13.7 Å². The number of phenols is 1. The van der Waals surface area contributed by atoms with Crippen molar-refractivity contribution in [1.29, 1.82) is 5.26 Å². The maximum atomic E-state index is 12.8. The summed E-state index contributed by atoms with van der Waals surface area (Å²) in [7, 11) is -4.20. The summed E-state index contributed by atoms with van der Waals surface area (Å²) in [5.41, 5.74) is 1.34. The second-order valence-corrected chi connectivity index (χ2v) is 9.24. The number of hydrogen-bond donors (Lipinski definition) is 2. The highest BCUT2D eigenvalue weighted by atomic mass is 35.5. The van der Waals surface area contributed by atoms with Gasteiger partial charge in [-0.1, -0.05) is 29.3 Å². The first-order valence-corrected chi connectivity index (χ1v) is 12.1. The summed E-state index contributed by atoms with van der Waals surface area (Å²) >= 11 is 6.33. The number of aromatic hydroxyl groups is 1. The van der Waals surface area contributed by atoms with Gasteiger partial charge in [0, 0.05) is 5.69 Å². The molecule has 3 rings (SSSR count). The molecule has 3 aromatic carbocycles. The standard InChI is InChI=1S/C25H21ClN2O6S/c1-3-33-23-14-17(12-18(15-27)25(30)28-19-6-8-20(29)9-7-19)13-22(26)24(23)34-35(31,32)21-10-4-16(2)5-11-21/h4-14,29H,3H2,1-2H3,(H,28,30)/b18-12+. The molecular weight excluding hydrogens is 492 g/mol. The van der Waals surface area contributed by atoms with E-state index in [2.05, 4.69) is 5.32 Å². The van der Waals surface area contributed by atoms with Crippen LogP contribution in [0.15, 0.2) is 71.1 Å². The fourth-order valence-corrected chi connectivity index (χ4v) is 4.20. The summed E-state index contributed by atoms with van der Waals surface area (Å²) in [6.07, 6.45) is 1.28. The van der Waals surface area contributed by atoms with Gasteiger partial charge in [-0.25, -0.2) is 0 Å². The predicted molar refractivity (Wildman–Crippen MR) is 132 cm³/mol. The van der Waals surface area contributed by atoms with Crippen LogP contribution in [0, 0.1) is 18.3 Å². The van der Waals surface area contributed by atoms with Crippen molar-refractivity contribution in [2.75, 3.05) is 11.9 Å². The first kappa shape index (κ1) is 25.6. The first-order valence-electron chi connectivity index (χ1n) is 10.3. The van der Waals surface area contributed by atoms with Gasteiger partial charge in [-0.15, -0.1) is 0 Å². The number of rotatable bonds is 8. The van der Waals surface area contributed by atoms with Gasteiger partial charge < -0.3 is 19.3 Å². The molecule has 0 saturated heterocycles. The van der Waals surface area contributed by atoms with Crippen LogP contribution in [0.4, 0.5) is 5.69 Å². The second kappa shape index (κ2) is 11.0. The molecule has 0 aliphatic carbocycles. The maximum Gasteiger partial charge on any atom is 0.339 e. The van der Waals surface area contributed by atoms with Crippen molar-refractivity contribution in [1.82, 2.24) is 0 Å². The molecule has 0 atom stereocenters. The summed E-state index contributed by atoms with van der Waals surface area (Å²) in [4.78, 5) is 12.5. The molecule has 0 aromatic heterocycles. The predicted octanol–water partition coefficient (Wildman–Crippen LogP) is 5.07. The third kappa shape index (κ3) is 6.53. The van der Waals surface area contributed by atoms with E-state index >= 15 is 0 Å². The van der Waals surface area contributed by atoms with E-state index in [0.29, 0.717) is 11.3 Å². The van der Waals surface area contributed by atoms with Crippen LogP contribution in [0.5, 0.6) is 17.2 Å². The molecule has 8 nitrogen and oxygen atoms in total. The number of aryl methyl sites for hydroxylation is 1. The lowest BCUT2D eigenvalue weighted by Crippen LogP contribution is -2.13. The number of benzene rings is 3. The van der Waals surface area contributed by atoms with E-state index in [0.717, 1.165) is 5.56 Å². The molecule has 1 amide bonds. The van der Waals surface area contributed by atoms with Crippen molar-refractivity contribution in [2.24, 2.45) is 0 Å². The lowest BCUT2D eigenvalue weighted by molar-refractivity contribution is -0.112. The minimum Gasteiger partial charge on any atom is -0.508 e. The first-order chi connectivity index (χ1) is 16.6. The number of carbonyl (C=O) groups excluding carboxylic acids is 1. The van der Waals surface area contributed by atoms with Gasteiger partial charge in [0.25, 0.3) is 5.91 Å². The molecule has 2 N–H and O–H groups in total. The van der Waals surface area contributed by atoms with Crippen LogP contribution < -0.4 is 14.2 Å². The third-order valence-corrected chi connectivity index (χ3v) is 6.15. The zero-order chi connectivity index (χ0) is 25.6. The molecule has 0 saturated carbocycles. The number of phenolic OH excluding ortho intramolecular Hbond substituents is 1. The van der Waals surface area contributed by atoms with Gasteiger partial charge in [0.15, 0.2) is 5.75 Å². The van der Waals surface area contributed by atoms with Gasteiger partial charge in [0.1, 0.15) is 22.3 Å². The number of anilines is 1. The van der Waals surface area contributed by atoms with Gasteiger partial charge in [-0.05, 0) is 74.0 Å². The van der Waals surface area contributed by atoms with E-state index in [1.807, 2.05) is 13.0 Å². The topological polar surface area (TPSA) is 126 Å². The molecule has 10 heteroatoms. The lowest BCUT2D eigenvalue weighted by atomic mass is 10.1. The van der Waals surface area contributed by atoms with Crippen molar-refractivity contribution in [2.45, 2.75) is 18.7 Å². The van der Waals surface area contributed by atoms with Gasteiger partial charge in [0.05, 0.1) is 11.6 Å². The molecule has 0 fully saturated rings. The van der Waals surface area contributed by atoms with Crippen molar-refractivity contribution in [3.8, 4) is 23.3 Å². The van der Waals surface area contributed by atoms with Crippen LogP contribution in [0.3, 0.4) is 0 Å². The summed E-state index contributed by atoms with van der Waals surface area (Å²) < 4.78 is 36.3. The summed E-state index contributed by atoms with van der Waals surface area (Å²) in [6.45, 7) is 3.70. The average Bonchev–Trinajstić information content (AvgIpc) is 2.81. The van der Waals surface area contributed by atoms with Crippen molar-refractivity contribution in [3.05, 3.63) is 82.4 Å². The Morgan fingerprint density at radius 1 is 1.14 bits per heavy atom. The monoisotopic (exact) mass is 512 g/mol. The highest BCUT2D eigenvalue weighted by molar-refractivity contribution is 7.87. The number of halogens is 1. The van der Waals surface area contributed by atoms with E-state index in [4.69, 9.17) is 20.5 Å². The number of hydrogen-bond acceptors (Lipinski definition) is 7. The highest BCUT2D eigenvalue weighted by Gasteiger charge is 2.22. The van der Waals surface area contributed by atoms with Crippen LogP contribution in [-0.2, 0) is 14.9 Å². The maximum absolute atomic E-state index is 12.8. The molecule has 35 heavy (non-hydrogen) atoms. The Morgan fingerprint density at radius 2 is 1.80 bits per heavy atom. The molecule has 0 bridgehead atoms. The SMILES string of the molecule is CCOc1cc(/C=C(\C#N)C(=O)Nc2ccc(O)cc2)cc(Cl)c1OS(=O)(=O)c1ccc(C)cc1. The van der Waals surface area contributed by atoms with Gasteiger partial charge >= 0.3 is 10.1 Å². The van der Waals surface area contributed by atoms with Crippen molar-refractivity contribution < 1.29 is 27.2 Å². The average molecular weight is 513 g/mol. The second-order valence-electron chi connectivity index (χ2n) is 7.28. The lowest BCUT2D eigenvalue weighted by Gasteiger charge is -2.14. The number of nitriles is 1. The van der Waals surface area contributed by atoms with Crippen LogP contribution in [0.2, 0.25) is 5.02 Å². The molecule has 3 aromatic rings. The van der Waals surface area contributed by atoms with E-state index in [1.54, 1.807) is 19.1 Å². The molecule has 0 spiro atoms. The van der Waals surface area contributed by atoms with Crippen LogP contribution in [-0.4, -0.2) is 26.0 Å². The fraction of sp³-hybridized carbons (Fsp3) is 0.120. The minimum absolute atomic E-state index is 0.0261. The molecule has 180 valence electrons. The fourth-order valence-electron chi connectivity index (χ4n) is 2.94. The Kier molecular flexibility index (Phi) is 8.02. The van der Waals surface area contributed by atoms with Gasteiger partial charge in [-0.3, -0.25) is 4.79 Å². The molecular formula is C25H21ClN2O6S. The Labute approximate surface area is 208 Å². The van der Waals surface area contributed by atoms with E-state index in [1.165, 1.54) is 54.6 Å². The van der Waals surface area contributed by atoms with E-state index in [9.17, 15) is 23.6 Å². The largest absolute Gasteiger partial charge is 0.508 e. The molecule has 0 aliphatic rings. The molecule has 0 radical (unpaired) electrons. The zero-order valence-electron chi connectivity index (χ0n) is 18.8. The number of ether oxygens (including phenoxy) is 1. The highest BCUT2D eigenvalue weighted by Crippen LogP contribution is 2.39. The third-order valence-electron chi connectivity index (χ3n) is 4.64. The van der Waals surface area contributed by atoms with E-state index in [-0.39, 0.29) is 39.3 Å². The Morgan fingerprint density at radius 3 is 2.40 bits per heavy atom. The minimum atomic E-state index is -4.20. The number of amides is 1. The Bertz CT molecular complexity index is 1410. The molecule has 0 unspecified atom stereocenters. The Hall–Kier alpha value is -4.00. The summed E-state index contributed by atoms with van der Waals surface area (Å²) in [5.74, 6) is -0.838. The van der Waals surface area contributed by atoms with E-state index < -0.39 is 16.0 Å². The van der Waals surface area contributed by atoms with Crippen LogP contribution >= 0.6 is 11.6 Å². The van der Waals surface area contributed by atoms with Crippen LogP contribution in [0.25, 0.3) is 6.08 Å². The van der Waals surface area contributed by atoms with Crippen LogP contribution in [0.1, 0.15) is 18.1 Å². The van der Waals surface area contributed by atoms with Gasteiger partial charge in [0.2, 0.25) is 5.75 Å². The summed E-state index contributed by atoms with van der Waals surface area (Å²) in [5, 5.41) is 21.3. The molecule has 0 aliphatic heterocycles. The van der Waals surface area contributed by atoms with Crippen molar-refractivity contribution >= 4 is 39.4 Å². The zero-order valence-corrected chi connectivity index (χ0v) is 20.4. The quantitative estimate of drug-likeness (QED) is 0.187. The molecule has 0 heterocycles. The Balaban J connectivity index is 1.93. The number of carbonyl (C=O) groups is 1. The number of nitrogens with zero attached hydrogens (tertiary/aromatic N) is 1. The number of nitrogens with one attached hydrogen (secondary N) is 1.